The van der Waals surface area contributed by atoms with Crippen LogP contribution in [0.15, 0.2) is 30.3 Å². The molecule has 0 aromatic heterocycles. The van der Waals surface area contributed by atoms with Crippen LogP contribution in [0.2, 0.25) is 0 Å². The number of aliphatic hydroxyl groups excluding tert-OH is 1. The molecule has 0 saturated carbocycles. The quantitative estimate of drug-likeness (QED) is 0.672. The van der Waals surface area contributed by atoms with E-state index in [1.807, 2.05) is 30.3 Å². The van der Waals surface area contributed by atoms with Crippen molar-refractivity contribution in [2.45, 2.75) is 25.6 Å². The van der Waals surface area contributed by atoms with Crippen molar-refractivity contribution in [1.29, 1.82) is 0 Å². The molecule has 1 heterocycles. The lowest BCUT2D eigenvalue weighted by molar-refractivity contribution is -0.148. The standard InChI is InChI=1S/C19H30N2O4.ClH/c1-21(18(23)19(15-24-2)8-10-20-11-9-19)12-17(22)14-25-13-16-6-4-3-5-7-16;/h3-7,17,20,22H,8-15H2,1-2H3;1H. The van der Waals surface area contributed by atoms with Crippen LogP contribution in [0.4, 0.5) is 0 Å². The first-order valence-electron chi connectivity index (χ1n) is 8.82. The number of likely N-dealkylation sites (N-methyl/N-ethyl adjacent to an activating group) is 1. The van der Waals surface area contributed by atoms with Gasteiger partial charge in [-0.2, -0.15) is 0 Å². The van der Waals surface area contributed by atoms with E-state index < -0.39 is 11.5 Å². The zero-order valence-electron chi connectivity index (χ0n) is 15.6. The molecule has 1 atom stereocenters. The number of carbonyl (C=O) groups is 1. The van der Waals surface area contributed by atoms with Gasteiger partial charge in [0.05, 0.1) is 31.3 Å². The highest BCUT2D eigenvalue weighted by Crippen LogP contribution is 2.31. The molecular formula is C19H31ClN2O4. The Morgan fingerprint density at radius 2 is 1.96 bits per heavy atom. The molecule has 26 heavy (non-hydrogen) atoms. The molecule has 2 rings (SSSR count). The van der Waals surface area contributed by atoms with Gasteiger partial charge in [-0.15, -0.1) is 12.4 Å². The molecule has 1 aromatic carbocycles. The van der Waals surface area contributed by atoms with E-state index in [0.29, 0.717) is 13.2 Å². The summed E-state index contributed by atoms with van der Waals surface area (Å²) in [5.41, 5.74) is 0.576. The predicted molar refractivity (Wildman–Crippen MR) is 103 cm³/mol. The third-order valence-corrected chi connectivity index (χ3v) is 4.69. The number of halogens is 1. The lowest BCUT2D eigenvalue weighted by Gasteiger charge is -2.38. The molecule has 0 bridgehead atoms. The molecule has 1 saturated heterocycles. The molecule has 0 spiro atoms. The largest absolute Gasteiger partial charge is 0.389 e. The highest BCUT2D eigenvalue weighted by Gasteiger charge is 2.41. The fraction of sp³-hybridized carbons (Fsp3) is 0.632. The predicted octanol–water partition coefficient (Wildman–Crippen LogP) is 1.46. The number of hydrogen-bond acceptors (Lipinski definition) is 5. The highest BCUT2D eigenvalue weighted by atomic mass is 35.5. The van der Waals surface area contributed by atoms with E-state index in [2.05, 4.69) is 5.32 Å². The molecule has 2 N–H and O–H groups in total. The highest BCUT2D eigenvalue weighted by molar-refractivity contribution is 5.85. The third-order valence-electron chi connectivity index (χ3n) is 4.69. The summed E-state index contributed by atoms with van der Waals surface area (Å²) in [5, 5.41) is 13.5. The molecule has 0 radical (unpaired) electrons. The lowest BCUT2D eigenvalue weighted by atomic mass is 9.78. The van der Waals surface area contributed by atoms with E-state index in [0.717, 1.165) is 31.5 Å². The number of nitrogens with zero attached hydrogens (tertiary/aromatic N) is 1. The molecule has 7 heteroatoms. The van der Waals surface area contributed by atoms with Gasteiger partial charge >= 0.3 is 0 Å². The second-order valence-corrected chi connectivity index (χ2v) is 6.80. The summed E-state index contributed by atoms with van der Waals surface area (Å²) in [6.45, 7) is 2.95. The lowest BCUT2D eigenvalue weighted by Crippen LogP contribution is -2.52. The minimum Gasteiger partial charge on any atom is -0.389 e. The van der Waals surface area contributed by atoms with Crippen LogP contribution in [0.1, 0.15) is 18.4 Å². The Balaban J connectivity index is 0.00000338. The van der Waals surface area contributed by atoms with Crippen LogP contribution in [0.3, 0.4) is 0 Å². The number of carbonyl (C=O) groups excluding carboxylic acids is 1. The first kappa shape index (κ1) is 22.9. The smallest absolute Gasteiger partial charge is 0.231 e. The Morgan fingerprint density at radius 1 is 1.31 bits per heavy atom. The Bertz CT molecular complexity index is 518. The van der Waals surface area contributed by atoms with Gasteiger partial charge in [0.1, 0.15) is 0 Å². The molecule has 148 valence electrons. The molecule has 1 aliphatic heterocycles. The van der Waals surface area contributed by atoms with Crippen molar-refractivity contribution in [3.05, 3.63) is 35.9 Å². The van der Waals surface area contributed by atoms with E-state index >= 15 is 0 Å². The zero-order valence-corrected chi connectivity index (χ0v) is 16.5. The van der Waals surface area contributed by atoms with Gasteiger partial charge in [0.25, 0.3) is 0 Å². The van der Waals surface area contributed by atoms with Crippen LogP contribution in [0.5, 0.6) is 0 Å². The summed E-state index contributed by atoms with van der Waals surface area (Å²) >= 11 is 0. The van der Waals surface area contributed by atoms with Crippen molar-refractivity contribution in [2.75, 3.05) is 47.0 Å². The Kier molecular flexibility index (Phi) is 10.1. The number of ether oxygens (including phenoxy) is 2. The molecular weight excluding hydrogens is 356 g/mol. The van der Waals surface area contributed by atoms with E-state index in [4.69, 9.17) is 9.47 Å². The molecule has 1 aliphatic rings. The van der Waals surface area contributed by atoms with Crippen molar-refractivity contribution in [3.63, 3.8) is 0 Å². The number of hydrogen-bond donors (Lipinski definition) is 2. The first-order chi connectivity index (χ1) is 12.1. The van der Waals surface area contributed by atoms with Gasteiger partial charge in [-0.05, 0) is 31.5 Å². The van der Waals surface area contributed by atoms with E-state index in [1.165, 1.54) is 0 Å². The van der Waals surface area contributed by atoms with Gasteiger partial charge in [0, 0.05) is 20.7 Å². The molecule has 1 amide bonds. The second-order valence-electron chi connectivity index (χ2n) is 6.80. The van der Waals surface area contributed by atoms with Crippen LogP contribution >= 0.6 is 12.4 Å². The number of nitrogens with one attached hydrogen (secondary N) is 1. The minimum atomic E-state index is -0.709. The maximum atomic E-state index is 12.9. The van der Waals surface area contributed by atoms with Gasteiger partial charge in [0.15, 0.2) is 0 Å². The van der Waals surface area contributed by atoms with Crippen molar-refractivity contribution in [2.24, 2.45) is 5.41 Å². The normalized spacial score (nSPS) is 17.2. The molecule has 1 fully saturated rings. The SMILES string of the molecule is COCC1(C(=O)N(C)CC(O)COCc2ccccc2)CCNCC1.Cl. The van der Waals surface area contributed by atoms with Gasteiger partial charge in [0.2, 0.25) is 5.91 Å². The van der Waals surface area contributed by atoms with Crippen LogP contribution < -0.4 is 5.32 Å². The number of methoxy groups -OCH3 is 1. The van der Waals surface area contributed by atoms with Crippen molar-refractivity contribution >= 4 is 18.3 Å². The van der Waals surface area contributed by atoms with E-state index in [9.17, 15) is 9.90 Å². The topological polar surface area (TPSA) is 71.0 Å². The molecule has 6 nitrogen and oxygen atoms in total. The summed E-state index contributed by atoms with van der Waals surface area (Å²) in [6, 6.07) is 9.82. The summed E-state index contributed by atoms with van der Waals surface area (Å²) in [4.78, 5) is 14.5. The number of rotatable bonds is 9. The van der Waals surface area contributed by atoms with Gasteiger partial charge in [-0.3, -0.25) is 4.79 Å². The van der Waals surface area contributed by atoms with Gasteiger partial charge in [-0.25, -0.2) is 0 Å². The van der Waals surface area contributed by atoms with E-state index in [1.54, 1.807) is 19.1 Å². The number of aliphatic hydroxyl groups is 1. The van der Waals surface area contributed by atoms with Crippen molar-refractivity contribution in [3.8, 4) is 0 Å². The summed E-state index contributed by atoms with van der Waals surface area (Å²) in [7, 11) is 3.37. The summed E-state index contributed by atoms with van der Waals surface area (Å²) in [6.07, 6.45) is 0.800. The Morgan fingerprint density at radius 3 is 2.58 bits per heavy atom. The number of amides is 1. The zero-order chi connectivity index (χ0) is 18.1. The maximum Gasteiger partial charge on any atom is 0.231 e. The average molecular weight is 387 g/mol. The fourth-order valence-electron chi connectivity index (χ4n) is 3.35. The molecule has 0 aliphatic carbocycles. The summed E-state index contributed by atoms with van der Waals surface area (Å²) < 4.78 is 10.9. The maximum absolute atomic E-state index is 12.9. The second kappa shape index (κ2) is 11.5. The average Bonchev–Trinajstić information content (AvgIpc) is 2.63. The third kappa shape index (κ3) is 6.52. The number of benzene rings is 1. The van der Waals surface area contributed by atoms with Crippen LogP contribution in [0.25, 0.3) is 0 Å². The minimum absolute atomic E-state index is 0. The van der Waals surface area contributed by atoms with E-state index in [-0.39, 0.29) is 31.5 Å². The Labute approximate surface area is 162 Å². The van der Waals surface area contributed by atoms with Crippen LogP contribution in [-0.2, 0) is 20.9 Å². The summed E-state index contributed by atoms with van der Waals surface area (Å²) in [5.74, 6) is 0.0398. The monoisotopic (exact) mass is 386 g/mol. The molecule has 1 unspecified atom stereocenters. The van der Waals surface area contributed by atoms with Gasteiger partial charge in [-0.1, -0.05) is 30.3 Å². The number of piperidine rings is 1. The van der Waals surface area contributed by atoms with Crippen LogP contribution in [0, 0.1) is 5.41 Å². The first-order valence-corrected chi connectivity index (χ1v) is 8.82. The fourth-order valence-corrected chi connectivity index (χ4v) is 3.35. The van der Waals surface area contributed by atoms with Crippen LogP contribution in [-0.4, -0.2) is 69.0 Å². The van der Waals surface area contributed by atoms with Crippen molar-refractivity contribution < 1.29 is 19.4 Å². The van der Waals surface area contributed by atoms with Crippen molar-refractivity contribution in [1.82, 2.24) is 10.2 Å². The molecule has 1 aromatic rings. The Hall–Kier alpha value is -1.18. The van der Waals surface area contributed by atoms with Gasteiger partial charge < -0.3 is 24.8 Å².